The van der Waals surface area contributed by atoms with Gasteiger partial charge in [-0.25, -0.2) is 0 Å². The summed E-state index contributed by atoms with van der Waals surface area (Å²) < 4.78 is 5.43. The van der Waals surface area contributed by atoms with E-state index < -0.39 is 0 Å². The highest BCUT2D eigenvalue weighted by molar-refractivity contribution is 7.98. The summed E-state index contributed by atoms with van der Waals surface area (Å²) in [4.78, 5) is 13.2. The molecule has 0 saturated carbocycles. The number of methoxy groups -OCH3 is 1. The molecule has 1 amide bonds. The summed E-state index contributed by atoms with van der Waals surface area (Å²) in [7, 11) is 1.60. The third-order valence-electron chi connectivity index (χ3n) is 3.54. The van der Waals surface area contributed by atoms with Gasteiger partial charge in [-0.1, -0.05) is 41.9 Å². The van der Waals surface area contributed by atoms with Crippen LogP contribution in [0.3, 0.4) is 0 Å². The molecule has 0 heterocycles. The van der Waals surface area contributed by atoms with Gasteiger partial charge in [-0.05, 0) is 36.1 Å². The van der Waals surface area contributed by atoms with Crippen LogP contribution in [-0.2, 0) is 9.53 Å². The highest BCUT2D eigenvalue weighted by Crippen LogP contribution is 2.24. The fraction of sp³-hybridized carbons (Fsp3) is 0.211. The molecule has 1 N–H and O–H groups in total. The molecule has 2 aromatic carbocycles. The molecule has 0 radical (unpaired) electrons. The van der Waals surface area contributed by atoms with E-state index in [0.717, 1.165) is 11.1 Å². The lowest BCUT2D eigenvalue weighted by Crippen LogP contribution is -2.27. The van der Waals surface area contributed by atoms with Crippen molar-refractivity contribution in [2.24, 2.45) is 0 Å². The average molecular weight is 362 g/mol. The van der Waals surface area contributed by atoms with E-state index >= 15 is 0 Å². The summed E-state index contributed by atoms with van der Waals surface area (Å²) in [6.07, 6.45) is 5.06. The van der Waals surface area contributed by atoms with E-state index in [9.17, 15) is 4.79 Å². The topological polar surface area (TPSA) is 38.3 Å². The molecule has 5 heteroatoms. The molecule has 1 atom stereocenters. The maximum atomic E-state index is 12.0. The molecule has 0 spiro atoms. The van der Waals surface area contributed by atoms with Crippen LogP contribution in [0.25, 0.3) is 6.08 Å². The zero-order valence-electron chi connectivity index (χ0n) is 13.7. The molecule has 2 aromatic rings. The van der Waals surface area contributed by atoms with Crippen LogP contribution in [-0.4, -0.2) is 25.8 Å². The molecule has 3 nitrogen and oxygen atoms in total. The monoisotopic (exact) mass is 361 g/mol. The van der Waals surface area contributed by atoms with Crippen LogP contribution >= 0.6 is 23.4 Å². The molecule has 0 fully saturated rings. The molecule has 24 heavy (non-hydrogen) atoms. The normalized spacial score (nSPS) is 12.3. The summed E-state index contributed by atoms with van der Waals surface area (Å²) >= 11 is 7.86. The standard InChI is InChI=1S/C19H20ClNO2S/c1-23-18(16-5-3-4-6-17(16)20)13-21-19(22)12-9-14-7-10-15(24-2)11-8-14/h3-12,18H,13H2,1-2H3,(H,21,22)/b12-9+. The number of nitrogens with one attached hydrogen (secondary N) is 1. The van der Waals surface area contributed by atoms with Crippen LogP contribution < -0.4 is 5.32 Å². The van der Waals surface area contributed by atoms with Crippen molar-refractivity contribution in [1.29, 1.82) is 0 Å². The number of carbonyl (C=O) groups is 1. The van der Waals surface area contributed by atoms with Gasteiger partial charge in [-0.3, -0.25) is 4.79 Å². The quantitative estimate of drug-likeness (QED) is 0.579. The zero-order chi connectivity index (χ0) is 17.4. The first kappa shape index (κ1) is 18.6. The van der Waals surface area contributed by atoms with Crippen LogP contribution in [0.2, 0.25) is 5.02 Å². The lowest BCUT2D eigenvalue weighted by Gasteiger charge is -2.17. The van der Waals surface area contributed by atoms with Gasteiger partial charge in [0.25, 0.3) is 0 Å². The van der Waals surface area contributed by atoms with Crippen molar-refractivity contribution in [2.75, 3.05) is 19.9 Å². The Kier molecular flexibility index (Phi) is 7.37. The van der Waals surface area contributed by atoms with Crippen LogP contribution in [0.5, 0.6) is 0 Å². The van der Waals surface area contributed by atoms with Crippen LogP contribution in [0.1, 0.15) is 17.2 Å². The zero-order valence-corrected chi connectivity index (χ0v) is 15.2. The molecule has 0 aliphatic carbocycles. The molecular weight excluding hydrogens is 342 g/mol. The first-order valence-corrected chi connectivity index (χ1v) is 9.11. The Morgan fingerprint density at radius 3 is 2.58 bits per heavy atom. The van der Waals surface area contributed by atoms with E-state index in [1.165, 1.54) is 11.0 Å². The molecule has 1 unspecified atom stereocenters. The molecule has 0 aliphatic heterocycles. The number of rotatable bonds is 7. The van der Waals surface area contributed by atoms with Gasteiger partial charge in [0.05, 0.1) is 0 Å². The van der Waals surface area contributed by atoms with Gasteiger partial charge >= 0.3 is 0 Å². The number of halogens is 1. The lowest BCUT2D eigenvalue weighted by molar-refractivity contribution is -0.117. The van der Waals surface area contributed by atoms with E-state index in [-0.39, 0.29) is 12.0 Å². The summed E-state index contributed by atoms with van der Waals surface area (Å²) in [6, 6.07) is 15.5. The van der Waals surface area contributed by atoms with Gasteiger partial charge in [0, 0.05) is 35.2 Å². The molecule has 2 rings (SSSR count). The van der Waals surface area contributed by atoms with Crippen LogP contribution in [0, 0.1) is 0 Å². The number of ether oxygens (including phenoxy) is 1. The van der Waals surface area contributed by atoms with Crippen LogP contribution in [0.4, 0.5) is 0 Å². The van der Waals surface area contributed by atoms with Gasteiger partial charge in [0.2, 0.25) is 5.91 Å². The van der Waals surface area contributed by atoms with E-state index in [2.05, 4.69) is 5.32 Å². The van der Waals surface area contributed by atoms with Crippen molar-refractivity contribution in [2.45, 2.75) is 11.0 Å². The first-order chi connectivity index (χ1) is 11.6. The minimum Gasteiger partial charge on any atom is -0.375 e. The van der Waals surface area contributed by atoms with Gasteiger partial charge in [-0.15, -0.1) is 11.8 Å². The maximum absolute atomic E-state index is 12.0. The van der Waals surface area contributed by atoms with E-state index in [0.29, 0.717) is 11.6 Å². The highest BCUT2D eigenvalue weighted by Gasteiger charge is 2.14. The van der Waals surface area contributed by atoms with E-state index in [1.807, 2.05) is 54.8 Å². The number of benzene rings is 2. The largest absolute Gasteiger partial charge is 0.375 e. The smallest absolute Gasteiger partial charge is 0.244 e. The summed E-state index contributed by atoms with van der Waals surface area (Å²) in [5.74, 6) is -0.168. The van der Waals surface area contributed by atoms with Crippen molar-refractivity contribution in [1.82, 2.24) is 5.32 Å². The SMILES string of the molecule is COC(CNC(=O)/C=C/c1ccc(SC)cc1)c1ccccc1Cl. The predicted octanol–water partition coefficient (Wildman–Crippen LogP) is 4.58. The molecule has 126 valence electrons. The number of thioether (sulfide) groups is 1. The number of carbonyl (C=O) groups excluding carboxylic acids is 1. The molecule has 0 aliphatic rings. The summed E-state index contributed by atoms with van der Waals surface area (Å²) in [5.41, 5.74) is 1.84. The second-order valence-corrected chi connectivity index (χ2v) is 6.38. The van der Waals surface area contributed by atoms with Gasteiger partial charge in [0.1, 0.15) is 6.10 Å². The third kappa shape index (κ3) is 5.41. The second-order valence-electron chi connectivity index (χ2n) is 5.10. The Bertz CT molecular complexity index is 701. The fourth-order valence-corrected chi connectivity index (χ4v) is 2.86. The summed E-state index contributed by atoms with van der Waals surface area (Å²) in [6.45, 7) is 0.356. The molecule has 0 saturated heterocycles. The molecular formula is C19H20ClNO2S. The van der Waals surface area contributed by atoms with E-state index in [4.69, 9.17) is 16.3 Å². The second kappa shape index (κ2) is 9.52. The summed E-state index contributed by atoms with van der Waals surface area (Å²) in [5, 5.41) is 3.47. The number of hydrogen-bond acceptors (Lipinski definition) is 3. The Labute approximate surface area is 152 Å². The van der Waals surface area contributed by atoms with Crippen LogP contribution in [0.15, 0.2) is 59.5 Å². The van der Waals surface area contributed by atoms with E-state index in [1.54, 1.807) is 24.9 Å². The van der Waals surface area contributed by atoms with Crippen molar-refractivity contribution in [3.05, 3.63) is 70.8 Å². The van der Waals surface area contributed by atoms with Crippen molar-refractivity contribution in [3.63, 3.8) is 0 Å². The van der Waals surface area contributed by atoms with Crippen molar-refractivity contribution < 1.29 is 9.53 Å². The lowest BCUT2D eigenvalue weighted by atomic mass is 10.1. The average Bonchev–Trinajstić information content (AvgIpc) is 2.62. The highest BCUT2D eigenvalue weighted by atomic mass is 35.5. The third-order valence-corrected chi connectivity index (χ3v) is 4.63. The Balaban J connectivity index is 1.91. The molecule has 0 aromatic heterocycles. The Hall–Kier alpha value is -1.75. The molecule has 0 bridgehead atoms. The van der Waals surface area contributed by atoms with Gasteiger partial charge < -0.3 is 10.1 Å². The maximum Gasteiger partial charge on any atom is 0.244 e. The number of amides is 1. The number of hydrogen-bond donors (Lipinski definition) is 1. The Morgan fingerprint density at radius 1 is 1.25 bits per heavy atom. The van der Waals surface area contributed by atoms with Gasteiger partial charge in [-0.2, -0.15) is 0 Å². The fourth-order valence-electron chi connectivity index (χ4n) is 2.20. The first-order valence-electron chi connectivity index (χ1n) is 7.51. The van der Waals surface area contributed by atoms with Gasteiger partial charge in [0.15, 0.2) is 0 Å². The Morgan fingerprint density at radius 2 is 1.96 bits per heavy atom. The van der Waals surface area contributed by atoms with Crippen molar-refractivity contribution >= 4 is 35.3 Å². The predicted molar refractivity (Wildman–Crippen MR) is 101 cm³/mol. The minimum atomic E-state index is -0.281. The minimum absolute atomic E-state index is 0.168. The van der Waals surface area contributed by atoms with Crippen molar-refractivity contribution in [3.8, 4) is 0 Å².